The van der Waals surface area contributed by atoms with Crippen molar-refractivity contribution in [2.45, 2.75) is 0 Å². The summed E-state index contributed by atoms with van der Waals surface area (Å²) >= 11 is 0. The second kappa shape index (κ2) is 3.89. The summed E-state index contributed by atoms with van der Waals surface area (Å²) in [6, 6.07) is 7.58. The third-order valence-electron chi connectivity index (χ3n) is 2.23. The Hall–Kier alpha value is -1.97. The van der Waals surface area contributed by atoms with Crippen molar-refractivity contribution < 1.29 is 13.2 Å². The lowest BCUT2D eigenvalue weighted by Gasteiger charge is -2.04. The average Bonchev–Trinajstić information content (AvgIpc) is 2.25. The molecule has 0 aromatic heterocycles. The highest BCUT2D eigenvalue weighted by Gasteiger charge is 2.10. The first-order valence-corrected chi connectivity index (χ1v) is 4.58. The number of anilines is 1. The largest absolute Gasteiger partial charge is 0.399 e. The fourth-order valence-electron chi connectivity index (χ4n) is 1.41. The van der Waals surface area contributed by atoms with Crippen LogP contribution in [0.2, 0.25) is 0 Å². The lowest BCUT2D eigenvalue weighted by atomic mass is 10.0. The molecule has 0 bridgehead atoms. The summed E-state index contributed by atoms with van der Waals surface area (Å²) in [6.07, 6.45) is 0. The van der Waals surface area contributed by atoms with E-state index in [0.717, 1.165) is 6.07 Å². The molecular weight excluding hydrogens is 215 g/mol. The summed E-state index contributed by atoms with van der Waals surface area (Å²) in [5.74, 6) is -3.08. The minimum atomic E-state index is -1.20. The first kappa shape index (κ1) is 10.5. The van der Waals surface area contributed by atoms with Crippen molar-refractivity contribution in [3.05, 3.63) is 53.8 Å². The molecule has 0 aliphatic carbocycles. The third-order valence-corrected chi connectivity index (χ3v) is 2.23. The zero-order chi connectivity index (χ0) is 11.7. The molecule has 0 amide bonds. The SMILES string of the molecule is Nc1ccc(-c2cc(F)c(F)cc2F)cc1. The topological polar surface area (TPSA) is 26.0 Å². The highest BCUT2D eigenvalue weighted by Crippen LogP contribution is 2.25. The Labute approximate surface area is 90.3 Å². The van der Waals surface area contributed by atoms with Gasteiger partial charge in [0.2, 0.25) is 0 Å². The molecule has 0 heterocycles. The van der Waals surface area contributed by atoms with E-state index in [1.807, 2.05) is 0 Å². The van der Waals surface area contributed by atoms with E-state index >= 15 is 0 Å². The van der Waals surface area contributed by atoms with E-state index in [-0.39, 0.29) is 5.56 Å². The number of nitrogen functional groups attached to an aromatic ring is 1. The molecule has 2 N–H and O–H groups in total. The molecule has 82 valence electrons. The monoisotopic (exact) mass is 223 g/mol. The van der Waals surface area contributed by atoms with Crippen molar-refractivity contribution in [2.75, 3.05) is 5.73 Å². The van der Waals surface area contributed by atoms with Gasteiger partial charge < -0.3 is 5.73 Å². The molecular formula is C12H8F3N. The van der Waals surface area contributed by atoms with E-state index in [2.05, 4.69) is 0 Å². The van der Waals surface area contributed by atoms with E-state index in [4.69, 9.17) is 5.73 Å². The number of halogens is 3. The predicted molar refractivity (Wildman–Crippen MR) is 56.2 cm³/mol. The van der Waals surface area contributed by atoms with Crippen LogP contribution in [-0.4, -0.2) is 0 Å². The Balaban J connectivity index is 2.56. The van der Waals surface area contributed by atoms with Gasteiger partial charge in [0.25, 0.3) is 0 Å². The second-order valence-corrected chi connectivity index (χ2v) is 3.37. The molecule has 2 aromatic rings. The number of benzene rings is 2. The fraction of sp³-hybridized carbons (Fsp3) is 0. The van der Waals surface area contributed by atoms with Crippen molar-refractivity contribution >= 4 is 5.69 Å². The van der Waals surface area contributed by atoms with Crippen LogP contribution in [0, 0.1) is 17.5 Å². The predicted octanol–water partition coefficient (Wildman–Crippen LogP) is 3.35. The summed E-state index contributed by atoms with van der Waals surface area (Å²) in [5.41, 5.74) is 6.45. The summed E-state index contributed by atoms with van der Waals surface area (Å²) in [4.78, 5) is 0. The first-order chi connectivity index (χ1) is 7.58. The van der Waals surface area contributed by atoms with Crippen LogP contribution in [0.5, 0.6) is 0 Å². The summed E-state index contributed by atoms with van der Waals surface area (Å²) in [5, 5.41) is 0. The van der Waals surface area contributed by atoms with Crippen molar-refractivity contribution in [1.82, 2.24) is 0 Å². The van der Waals surface area contributed by atoms with Crippen LogP contribution in [0.15, 0.2) is 36.4 Å². The highest BCUT2D eigenvalue weighted by atomic mass is 19.2. The number of hydrogen-bond donors (Lipinski definition) is 1. The molecule has 0 aliphatic rings. The minimum Gasteiger partial charge on any atom is -0.399 e. The lowest BCUT2D eigenvalue weighted by molar-refractivity contribution is 0.496. The van der Waals surface area contributed by atoms with Crippen LogP contribution in [0.1, 0.15) is 0 Å². The Morgan fingerprint density at radius 1 is 0.750 bits per heavy atom. The summed E-state index contributed by atoms with van der Waals surface area (Å²) in [7, 11) is 0. The van der Waals surface area contributed by atoms with Crippen LogP contribution in [0.25, 0.3) is 11.1 Å². The van der Waals surface area contributed by atoms with Gasteiger partial charge in [0.1, 0.15) is 5.82 Å². The second-order valence-electron chi connectivity index (χ2n) is 3.37. The van der Waals surface area contributed by atoms with Crippen molar-refractivity contribution in [3.8, 4) is 11.1 Å². The van der Waals surface area contributed by atoms with Gasteiger partial charge in [-0.15, -0.1) is 0 Å². The first-order valence-electron chi connectivity index (χ1n) is 4.58. The Morgan fingerprint density at radius 2 is 1.31 bits per heavy atom. The van der Waals surface area contributed by atoms with E-state index in [0.29, 0.717) is 17.3 Å². The van der Waals surface area contributed by atoms with Gasteiger partial charge in [-0.05, 0) is 23.8 Å². The van der Waals surface area contributed by atoms with Crippen molar-refractivity contribution in [3.63, 3.8) is 0 Å². The quantitative estimate of drug-likeness (QED) is 0.582. The molecule has 2 rings (SSSR count). The van der Waals surface area contributed by atoms with Crippen molar-refractivity contribution in [2.24, 2.45) is 0 Å². The van der Waals surface area contributed by atoms with Gasteiger partial charge in [0, 0.05) is 17.3 Å². The van der Waals surface area contributed by atoms with Crippen LogP contribution in [0.3, 0.4) is 0 Å². The molecule has 0 unspecified atom stereocenters. The standard InChI is InChI=1S/C12H8F3N/c13-10-6-12(15)11(14)5-9(10)7-1-3-8(16)4-2-7/h1-6H,16H2. The fourth-order valence-corrected chi connectivity index (χ4v) is 1.41. The molecule has 4 heteroatoms. The van der Waals surface area contributed by atoms with Gasteiger partial charge in [-0.25, -0.2) is 13.2 Å². The molecule has 0 atom stereocenters. The molecule has 0 fully saturated rings. The normalized spacial score (nSPS) is 10.4. The Kier molecular flexibility index (Phi) is 2.56. The zero-order valence-corrected chi connectivity index (χ0v) is 8.18. The van der Waals surface area contributed by atoms with Crippen LogP contribution in [-0.2, 0) is 0 Å². The Morgan fingerprint density at radius 3 is 1.94 bits per heavy atom. The van der Waals surface area contributed by atoms with Gasteiger partial charge in [0.05, 0.1) is 0 Å². The number of rotatable bonds is 1. The maximum absolute atomic E-state index is 13.4. The third kappa shape index (κ3) is 1.86. The maximum Gasteiger partial charge on any atom is 0.161 e. The molecule has 0 saturated heterocycles. The van der Waals surface area contributed by atoms with Gasteiger partial charge >= 0.3 is 0 Å². The average molecular weight is 223 g/mol. The molecule has 0 spiro atoms. The molecule has 0 aliphatic heterocycles. The highest BCUT2D eigenvalue weighted by molar-refractivity contribution is 5.66. The van der Waals surface area contributed by atoms with E-state index in [9.17, 15) is 13.2 Å². The van der Waals surface area contributed by atoms with Crippen molar-refractivity contribution in [1.29, 1.82) is 0 Å². The molecule has 2 aromatic carbocycles. The van der Waals surface area contributed by atoms with E-state index < -0.39 is 17.5 Å². The van der Waals surface area contributed by atoms with Crippen LogP contribution >= 0.6 is 0 Å². The minimum absolute atomic E-state index is 0.0129. The van der Waals surface area contributed by atoms with Crippen LogP contribution < -0.4 is 5.73 Å². The number of hydrogen-bond acceptors (Lipinski definition) is 1. The van der Waals surface area contributed by atoms with E-state index in [1.165, 1.54) is 0 Å². The van der Waals surface area contributed by atoms with Gasteiger partial charge in [0.15, 0.2) is 11.6 Å². The van der Waals surface area contributed by atoms with Crippen LogP contribution in [0.4, 0.5) is 18.9 Å². The van der Waals surface area contributed by atoms with Gasteiger partial charge in [-0.2, -0.15) is 0 Å². The van der Waals surface area contributed by atoms with E-state index in [1.54, 1.807) is 24.3 Å². The zero-order valence-electron chi connectivity index (χ0n) is 8.18. The Bertz CT molecular complexity index is 521. The number of nitrogens with two attached hydrogens (primary N) is 1. The van der Waals surface area contributed by atoms with Gasteiger partial charge in [-0.3, -0.25) is 0 Å². The smallest absolute Gasteiger partial charge is 0.161 e. The lowest BCUT2D eigenvalue weighted by Crippen LogP contribution is -1.91. The maximum atomic E-state index is 13.4. The van der Waals surface area contributed by atoms with Gasteiger partial charge in [-0.1, -0.05) is 12.1 Å². The summed E-state index contributed by atoms with van der Waals surface area (Å²) in [6.45, 7) is 0. The molecule has 0 saturated carbocycles. The molecule has 1 nitrogen and oxygen atoms in total. The summed E-state index contributed by atoms with van der Waals surface area (Å²) < 4.78 is 39.0. The molecule has 0 radical (unpaired) electrons. The molecule has 16 heavy (non-hydrogen) atoms.